The molecule has 0 saturated heterocycles. The van der Waals surface area contributed by atoms with Crippen LogP contribution in [0, 0.1) is 6.92 Å². The molecule has 10 heteroatoms. The highest BCUT2D eigenvalue weighted by molar-refractivity contribution is 7.99. The molecule has 1 aliphatic carbocycles. The van der Waals surface area contributed by atoms with Crippen LogP contribution in [0.5, 0.6) is 5.75 Å². The highest BCUT2D eigenvalue weighted by Gasteiger charge is 2.26. The van der Waals surface area contributed by atoms with Crippen molar-refractivity contribution >= 4 is 40.0 Å². The Balaban J connectivity index is 1.41. The minimum absolute atomic E-state index is 0.153. The van der Waals surface area contributed by atoms with Gasteiger partial charge in [-0.25, -0.2) is 4.79 Å². The van der Waals surface area contributed by atoms with Gasteiger partial charge in [0, 0.05) is 11.4 Å². The number of amides is 1. The molecule has 0 saturated carbocycles. The number of aromatic nitrogens is 3. The number of para-hydroxylation sites is 1. The second kappa shape index (κ2) is 11.7. The van der Waals surface area contributed by atoms with E-state index in [2.05, 4.69) is 15.5 Å². The number of hydrogen-bond donors (Lipinski definition) is 1. The number of nitrogens with zero attached hydrogens (tertiary/aromatic N) is 3. The molecule has 8 nitrogen and oxygen atoms in total. The van der Waals surface area contributed by atoms with Crippen LogP contribution < -0.4 is 10.1 Å². The number of carbonyl (C=O) groups is 2. The van der Waals surface area contributed by atoms with E-state index < -0.39 is 5.97 Å². The third kappa shape index (κ3) is 5.87. The molecule has 0 atom stereocenters. The van der Waals surface area contributed by atoms with Gasteiger partial charge >= 0.3 is 5.97 Å². The summed E-state index contributed by atoms with van der Waals surface area (Å²) in [6, 6.07) is 7.83. The minimum Gasteiger partial charge on any atom is -0.485 e. The number of rotatable bonds is 9. The van der Waals surface area contributed by atoms with Crippen LogP contribution in [-0.4, -0.2) is 39.5 Å². The first-order chi connectivity index (χ1) is 17.0. The Labute approximate surface area is 213 Å². The average Bonchev–Trinajstić information content (AvgIpc) is 3.33. The van der Waals surface area contributed by atoms with Gasteiger partial charge in [-0.2, -0.15) is 0 Å². The second-order valence-electron chi connectivity index (χ2n) is 8.29. The fraction of sp³-hybridized carbons (Fsp3) is 0.440. The summed E-state index contributed by atoms with van der Waals surface area (Å²) in [5.74, 6) is 1.08. The van der Waals surface area contributed by atoms with Gasteiger partial charge in [-0.05, 0) is 56.7 Å². The Morgan fingerprint density at radius 1 is 1.17 bits per heavy atom. The summed E-state index contributed by atoms with van der Waals surface area (Å²) in [6.45, 7) is 4.96. The van der Waals surface area contributed by atoms with E-state index in [9.17, 15) is 9.59 Å². The summed E-state index contributed by atoms with van der Waals surface area (Å²) in [5.41, 5.74) is 2.60. The molecule has 0 radical (unpaired) electrons. The number of thioether (sulfide) groups is 1. The first kappa shape index (κ1) is 25.2. The molecule has 0 spiro atoms. The average molecular weight is 515 g/mol. The van der Waals surface area contributed by atoms with Crippen molar-refractivity contribution < 1.29 is 19.1 Å². The predicted molar refractivity (Wildman–Crippen MR) is 137 cm³/mol. The topological polar surface area (TPSA) is 95.3 Å². The number of esters is 1. The molecule has 1 aliphatic rings. The Morgan fingerprint density at radius 3 is 2.74 bits per heavy atom. The molecule has 4 rings (SSSR count). The van der Waals surface area contributed by atoms with Crippen molar-refractivity contribution in [2.45, 2.75) is 64.3 Å². The number of fused-ring (bicyclic) bond motifs is 1. The van der Waals surface area contributed by atoms with E-state index in [0.29, 0.717) is 34.7 Å². The maximum Gasteiger partial charge on any atom is 0.341 e. The van der Waals surface area contributed by atoms with Crippen molar-refractivity contribution in [2.24, 2.45) is 0 Å². The minimum atomic E-state index is -0.392. The van der Waals surface area contributed by atoms with E-state index in [-0.39, 0.29) is 11.7 Å². The molecule has 3 aromatic rings. The molecule has 2 heterocycles. The van der Waals surface area contributed by atoms with Crippen LogP contribution in [0.15, 0.2) is 29.4 Å². The summed E-state index contributed by atoms with van der Waals surface area (Å²) in [5, 5.41) is 12.7. The Bertz CT molecular complexity index is 1200. The second-order valence-corrected chi connectivity index (χ2v) is 10.3. The van der Waals surface area contributed by atoms with Crippen molar-refractivity contribution in [3.8, 4) is 5.75 Å². The van der Waals surface area contributed by atoms with E-state index >= 15 is 0 Å². The summed E-state index contributed by atoms with van der Waals surface area (Å²) in [7, 11) is 1.38. The largest absolute Gasteiger partial charge is 0.485 e. The number of thiophene rings is 1. The fourth-order valence-corrected chi connectivity index (χ4v) is 6.27. The Morgan fingerprint density at radius 2 is 1.97 bits per heavy atom. The van der Waals surface area contributed by atoms with Gasteiger partial charge in [-0.15, -0.1) is 21.5 Å². The van der Waals surface area contributed by atoms with Gasteiger partial charge in [0.25, 0.3) is 0 Å². The molecule has 35 heavy (non-hydrogen) atoms. The lowest BCUT2D eigenvalue weighted by molar-refractivity contribution is -0.113. The summed E-state index contributed by atoms with van der Waals surface area (Å²) < 4.78 is 12.9. The van der Waals surface area contributed by atoms with Crippen molar-refractivity contribution in [1.29, 1.82) is 0 Å². The molecule has 0 fully saturated rings. The smallest absolute Gasteiger partial charge is 0.341 e. The van der Waals surface area contributed by atoms with Gasteiger partial charge in [-0.1, -0.05) is 36.4 Å². The van der Waals surface area contributed by atoms with Gasteiger partial charge in [0.2, 0.25) is 5.91 Å². The first-order valence-corrected chi connectivity index (χ1v) is 13.6. The van der Waals surface area contributed by atoms with Crippen molar-refractivity contribution in [3.05, 3.63) is 51.7 Å². The third-order valence-corrected chi connectivity index (χ3v) is 8.13. The van der Waals surface area contributed by atoms with Gasteiger partial charge in [0.15, 0.2) is 11.0 Å². The van der Waals surface area contributed by atoms with Crippen LogP contribution in [0.1, 0.15) is 58.4 Å². The van der Waals surface area contributed by atoms with E-state index in [1.165, 1.54) is 35.1 Å². The maximum atomic E-state index is 12.8. The predicted octanol–water partition coefficient (Wildman–Crippen LogP) is 5.03. The quantitative estimate of drug-likeness (QED) is 0.243. The number of hydrogen-bond acceptors (Lipinski definition) is 8. The van der Waals surface area contributed by atoms with Crippen LogP contribution >= 0.6 is 23.1 Å². The number of methoxy groups -OCH3 is 1. The summed E-state index contributed by atoms with van der Waals surface area (Å²) in [4.78, 5) is 26.5. The normalized spacial score (nSPS) is 13.1. The SMILES string of the molecule is CCn1c(COc2ccccc2C)nnc1SCC(=O)Nc1sc2c(c1C(=O)OC)CCCCC2. The molecular formula is C25H30N4O4S2. The van der Waals surface area contributed by atoms with Crippen molar-refractivity contribution in [2.75, 3.05) is 18.2 Å². The zero-order chi connectivity index (χ0) is 24.8. The molecular weight excluding hydrogens is 484 g/mol. The molecule has 1 N–H and O–H groups in total. The zero-order valence-corrected chi connectivity index (χ0v) is 21.9. The van der Waals surface area contributed by atoms with Gasteiger partial charge < -0.3 is 19.4 Å². The number of benzene rings is 1. The molecule has 0 unspecified atom stereocenters. The molecule has 1 aromatic carbocycles. The number of carbonyl (C=O) groups excluding carboxylic acids is 2. The van der Waals surface area contributed by atoms with Crippen molar-refractivity contribution in [3.63, 3.8) is 0 Å². The number of nitrogens with one attached hydrogen (secondary N) is 1. The summed E-state index contributed by atoms with van der Waals surface area (Å²) >= 11 is 2.81. The van der Waals surface area contributed by atoms with E-state index in [0.717, 1.165) is 49.0 Å². The Kier molecular flexibility index (Phi) is 8.46. The van der Waals surface area contributed by atoms with Crippen LogP contribution in [0.2, 0.25) is 0 Å². The molecule has 0 bridgehead atoms. The van der Waals surface area contributed by atoms with E-state index in [1.54, 1.807) is 0 Å². The lowest BCUT2D eigenvalue weighted by atomic mass is 10.1. The van der Waals surface area contributed by atoms with Crippen molar-refractivity contribution in [1.82, 2.24) is 14.8 Å². The monoisotopic (exact) mass is 514 g/mol. The van der Waals surface area contributed by atoms with Crippen LogP contribution in [0.4, 0.5) is 5.00 Å². The highest BCUT2D eigenvalue weighted by Crippen LogP contribution is 2.38. The lowest BCUT2D eigenvalue weighted by Gasteiger charge is -2.10. The lowest BCUT2D eigenvalue weighted by Crippen LogP contribution is -2.17. The zero-order valence-electron chi connectivity index (χ0n) is 20.3. The molecule has 186 valence electrons. The first-order valence-electron chi connectivity index (χ1n) is 11.8. The number of anilines is 1. The van der Waals surface area contributed by atoms with Gasteiger partial charge in [-0.3, -0.25) is 4.79 Å². The third-order valence-electron chi connectivity index (χ3n) is 5.96. The number of ether oxygens (including phenoxy) is 2. The fourth-order valence-electron chi connectivity index (χ4n) is 4.15. The van der Waals surface area contributed by atoms with E-state index in [1.807, 2.05) is 42.7 Å². The molecule has 0 aliphatic heterocycles. The van der Waals surface area contributed by atoms with Crippen LogP contribution in [0.3, 0.4) is 0 Å². The highest BCUT2D eigenvalue weighted by atomic mass is 32.2. The summed E-state index contributed by atoms with van der Waals surface area (Å²) in [6.07, 6.45) is 5.06. The van der Waals surface area contributed by atoms with Gasteiger partial charge in [0.1, 0.15) is 17.4 Å². The maximum absolute atomic E-state index is 12.8. The molecule has 1 amide bonds. The van der Waals surface area contributed by atoms with Crippen LogP contribution in [0.25, 0.3) is 0 Å². The van der Waals surface area contributed by atoms with E-state index in [4.69, 9.17) is 9.47 Å². The van der Waals surface area contributed by atoms with Crippen LogP contribution in [-0.2, 0) is 35.5 Å². The number of aryl methyl sites for hydroxylation is 2. The van der Waals surface area contributed by atoms with Gasteiger partial charge in [0.05, 0.1) is 18.4 Å². The standard InChI is InChI=1S/C25H30N4O4S2/c1-4-29-20(14-33-18-12-9-8-10-16(18)2)27-28-25(29)34-15-21(30)26-23-22(24(31)32-3)17-11-6-5-7-13-19(17)35-23/h8-10,12H,4-7,11,13-15H2,1-3H3,(H,26,30). The molecule has 2 aromatic heterocycles. The Hall–Kier alpha value is -2.85.